The Morgan fingerprint density at radius 1 is 1.26 bits per heavy atom. The molecule has 2 N–H and O–H groups in total. The lowest BCUT2D eigenvalue weighted by molar-refractivity contribution is 0.116. The summed E-state index contributed by atoms with van der Waals surface area (Å²) in [5.41, 5.74) is 2.31. The first-order valence-electron chi connectivity index (χ1n) is 10.1. The van der Waals surface area contributed by atoms with Crippen LogP contribution in [0.4, 0.5) is 0 Å². The van der Waals surface area contributed by atoms with E-state index in [9.17, 15) is 0 Å². The molecule has 0 radical (unpaired) electrons. The third kappa shape index (κ3) is 7.03. The summed E-state index contributed by atoms with van der Waals surface area (Å²) in [5.74, 6) is 1.79. The smallest absolute Gasteiger partial charge is 0.191 e. The van der Waals surface area contributed by atoms with Crippen molar-refractivity contribution in [1.29, 1.82) is 0 Å². The lowest BCUT2D eigenvalue weighted by Gasteiger charge is -2.37. The van der Waals surface area contributed by atoms with Gasteiger partial charge in [0.25, 0.3) is 0 Å². The van der Waals surface area contributed by atoms with Crippen LogP contribution < -0.4 is 15.4 Å². The van der Waals surface area contributed by atoms with Crippen molar-refractivity contribution >= 4 is 5.96 Å². The van der Waals surface area contributed by atoms with Crippen LogP contribution in [0.1, 0.15) is 31.9 Å². The number of ether oxygens (including phenoxy) is 1. The minimum atomic E-state index is 0.153. The maximum absolute atomic E-state index is 5.98. The maximum Gasteiger partial charge on any atom is 0.191 e. The zero-order chi connectivity index (χ0) is 19.8. The highest BCUT2D eigenvalue weighted by Gasteiger charge is 2.22. The summed E-state index contributed by atoms with van der Waals surface area (Å²) in [6.07, 6.45) is 0.153. The van der Waals surface area contributed by atoms with Crippen molar-refractivity contribution in [1.82, 2.24) is 20.4 Å². The van der Waals surface area contributed by atoms with Gasteiger partial charge in [-0.05, 0) is 53.4 Å². The van der Waals surface area contributed by atoms with E-state index in [1.165, 1.54) is 5.56 Å². The summed E-state index contributed by atoms with van der Waals surface area (Å²) in [7, 11) is 4.39. The third-order valence-corrected chi connectivity index (χ3v) is 4.82. The van der Waals surface area contributed by atoms with Crippen LogP contribution in [0.15, 0.2) is 23.2 Å². The molecule has 0 saturated carbocycles. The van der Waals surface area contributed by atoms with E-state index in [1.807, 2.05) is 0 Å². The van der Waals surface area contributed by atoms with Crippen LogP contribution in [0.2, 0.25) is 0 Å². The van der Waals surface area contributed by atoms with Gasteiger partial charge in [0.2, 0.25) is 0 Å². The van der Waals surface area contributed by atoms with Crippen molar-refractivity contribution in [2.75, 3.05) is 46.8 Å². The molecule has 0 bridgehead atoms. The summed E-state index contributed by atoms with van der Waals surface area (Å²) in [5, 5.41) is 6.87. The molecule has 6 nitrogen and oxygen atoms in total. The molecule has 1 aromatic carbocycles. The molecule has 6 heteroatoms. The van der Waals surface area contributed by atoms with Gasteiger partial charge in [0.05, 0.1) is 12.6 Å². The van der Waals surface area contributed by atoms with Gasteiger partial charge in [-0.15, -0.1) is 0 Å². The topological polar surface area (TPSA) is 52.1 Å². The summed E-state index contributed by atoms with van der Waals surface area (Å²) in [6.45, 7) is 13.9. The number of likely N-dealkylation sites (N-methyl/N-ethyl adjacent to an activating group) is 2. The highest BCUT2D eigenvalue weighted by Crippen LogP contribution is 2.22. The highest BCUT2D eigenvalue weighted by atomic mass is 16.5. The van der Waals surface area contributed by atoms with Crippen LogP contribution in [-0.2, 0) is 6.54 Å². The molecule has 1 fully saturated rings. The molecule has 0 amide bonds. The Labute approximate surface area is 165 Å². The minimum absolute atomic E-state index is 0.153. The largest absolute Gasteiger partial charge is 0.491 e. The molecule has 1 aliphatic heterocycles. The fourth-order valence-electron chi connectivity index (χ4n) is 3.20. The van der Waals surface area contributed by atoms with Crippen LogP contribution in [0.3, 0.4) is 0 Å². The SMILES string of the molecule is CCNC(=NCc1ccc(C)cc1OC(C)C)NCC1CN(C)CCN1C. The van der Waals surface area contributed by atoms with Gasteiger partial charge in [0.1, 0.15) is 5.75 Å². The number of piperazine rings is 1. The Morgan fingerprint density at radius 3 is 2.74 bits per heavy atom. The van der Waals surface area contributed by atoms with Crippen molar-refractivity contribution in [3.63, 3.8) is 0 Å². The van der Waals surface area contributed by atoms with E-state index in [0.29, 0.717) is 12.6 Å². The highest BCUT2D eigenvalue weighted by molar-refractivity contribution is 5.79. The van der Waals surface area contributed by atoms with Crippen LogP contribution in [0, 0.1) is 6.92 Å². The normalized spacial score (nSPS) is 19.4. The molecule has 0 spiro atoms. The second-order valence-corrected chi connectivity index (χ2v) is 7.75. The monoisotopic (exact) mass is 375 g/mol. The second kappa shape index (κ2) is 10.5. The summed E-state index contributed by atoms with van der Waals surface area (Å²) >= 11 is 0. The first-order valence-corrected chi connectivity index (χ1v) is 10.1. The zero-order valence-corrected chi connectivity index (χ0v) is 17.9. The van der Waals surface area contributed by atoms with Crippen molar-refractivity contribution in [2.24, 2.45) is 4.99 Å². The number of rotatable bonds is 7. The number of benzene rings is 1. The molecule has 2 rings (SSSR count). The number of hydrogen-bond acceptors (Lipinski definition) is 4. The van der Waals surface area contributed by atoms with Gasteiger partial charge in [-0.2, -0.15) is 0 Å². The lowest BCUT2D eigenvalue weighted by atomic mass is 10.1. The van der Waals surface area contributed by atoms with Crippen LogP contribution in [-0.4, -0.2) is 74.7 Å². The first-order chi connectivity index (χ1) is 12.9. The molecular weight excluding hydrogens is 338 g/mol. The van der Waals surface area contributed by atoms with Gasteiger partial charge in [0, 0.05) is 44.3 Å². The molecule has 1 saturated heterocycles. The first kappa shape index (κ1) is 21.5. The molecule has 0 aromatic heterocycles. The van der Waals surface area contributed by atoms with Crippen LogP contribution in [0.25, 0.3) is 0 Å². The van der Waals surface area contributed by atoms with E-state index in [2.05, 4.69) is 80.4 Å². The third-order valence-electron chi connectivity index (χ3n) is 4.82. The molecule has 27 heavy (non-hydrogen) atoms. The van der Waals surface area contributed by atoms with Gasteiger partial charge < -0.3 is 20.3 Å². The van der Waals surface area contributed by atoms with E-state index < -0.39 is 0 Å². The number of hydrogen-bond donors (Lipinski definition) is 2. The van der Waals surface area contributed by atoms with Gasteiger partial charge >= 0.3 is 0 Å². The van der Waals surface area contributed by atoms with Gasteiger partial charge in [-0.1, -0.05) is 12.1 Å². The summed E-state index contributed by atoms with van der Waals surface area (Å²) in [4.78, 5) is 9.60. The zero-order valence-electron chi connectivity index (χ0n) is 17.9. The van der Waals surface area contributed by atoms with Crippen LogP contribution >= 0.6 is 0 Å². The minimum Gasteiger partial charge on any atom is -0.491 e. The second-order valence-electron chi connectivity index (χ2n) is 7.75. The van der Waals surface area contributed by atoms with Gasteiger partial charge in [-0.25, -0.2) is 4.99 Å². The van der Waals surface area contributed by atoms with E-state index >= 15 is 0 Å². The fraction of sp³-hybridized carbons (Fsp3) is 0.667. The Kier molecular flexibility index (Phi) is 8.38. The van der Waals surface area contributed by atoms with Crippen molar-refractivity contribution in [3.05, 3.63) is 29.3 Å². The lowest BCUT2D eigenvalue weighted by Crippen LogP contribution is -2.55. The molecule has 1 unspecified atom stereocenters. The Bertz CT molecular complexity index is 617. The number of guanidine groups is 1. The van der Waals surface area contributed by atoms with Gasteiger partial charge in [-0.3, -0.25) is 4.90 Å². The number of aliphatic imine (C=N–C) groups is 1. The van der Waals surface area contributed by atoms with Crippen LogP contribution in [0.5, 0.6) is 5.75 Å². The Morgan fingerprint density at radius 2 is 2.04 bits per heavy atom. The number of nitrogens with one attached hydrogen (secondary N) is 2. The summed E-state index contributed by atoms with van der Waals surface area (Å²) < 4.78 is 5.98. The predicted molar refractivity (Wildman–Crippen MR) is 114 cm³/mol. The van der Waals surface area contributed by atoms with E-state index in [-0.39, 0.29) is 6.10 Å². The Balaban J connectivity index is 2.02. The standard InChI is InChI=1S/C21H37N5O/c1-7-22-21(24-14-19-15-25(5)10-11-26(19)6)23-13-18-9-8-17(4)12-20(18)27-16(2)3/h8-9,12,16,19H,7,10-11,13-15H2,1-6H3,(H2,22,23,24). The quantitative estimate of drug-likeness (QED) is 0.565. The number of nitrogens with zero attached hydrogens (tertiary/aromatic N) is 3. The maximum atomic E-state index is 5.98. The molecule has 1 atom stereocenters. The van der Waals surface area contributed by atoms with Crippen molar-refractivity contribution in [2.45, 2.75) is 46.4 Å². The molecule has 152 valence electrons. The van der Waals surface area contributed by atoms with E-state index in [1.54, 1.807) is 0 Å². The van der Waals surface area contributed by atoms with E-state index in [0.717, 1.165) is 50.0 Å². The average Bonchev–Trinajstić information content (AvgIpc) is 2.60. The van der Waals surface area contributed by atoms with E-state index in [4.69, 9.17) is 9.73 Å². The molecule has 1 heterocycles. The van der Waals surface area contributed by atoms with Gasteiger partial charge in [0.15, 0.2) is 5.96 Å². The molecule has 0 aliphatic carbocycles. The number of aryl methyl sites for hydroxylation is 1. The molecular formula is C21H37N5O. The molecule has 1 aliphatic rings. The summed E-state index contributed by atoms with van der Waals surface area (Å²) in [6, 6.07) is 6.82. The molecule has 1 aromatic rings. The fourth-order valence-corrected chi connectivity index (χ4v) is 3.20. The predicted octanol–water partition coefficient (Wildman–Crippen LogP) is 2.08. The average molecular weight is 376 g/mol. The Hall–Kier alpha value is -1.79. The van der Waals surface area contributed by atoms with Crippen molar-refractivity contribution in [3.8, 4) is 5.75 Å². The van der Waals surface area contributed by atoms with Crippen molar-refractivity contribution < 1.29 is 4.74 Å².